The number of likely N-dealkylation sites (tertiary alicyclic amines) is 1. The first-order valence-corrected chi connectivity index (χ1v) is 9.41. The highest BCUT2D eigenvalue weighted by atomic mass is 16.5. The third-order valence-electron chi connectivity index (χ3n) is 4.99. The predicted molar refractivity (Wildman–Crippen MR) is 102 cm³/mol. The molecule has 1 amide bonds. The van der Waals surface area contributed by atoms with E-state index in [-0.39, 0.29) is 5.91 Å². The summed E-state index contributed by atoms with van der Waals surface area (Å²) in [6, 6.07) is 13.7. The molecule has 0 N–H and O–H groups in total. The van der Waals surface area contributed by atoms with Crippen LogP contribution in [0, 0.1) is 11.1 Å². The molecule has 0 spiro atoms. The van der Waals surface area contributed by atoms with E-state index >= 15 is 0 Å². The van der Waals surface area contributed by atoms with Crippen LogP contribution in [0.25, 0.3) is 0 Å². The van der Waals surface area contributed by atoms with Gasteiger partial charge >= 0.3 is 0 Å². The van der Waals surface area contributed by atoms with Crippen LogP contribution < -0.4 is 9.63 Å². The van der Waals surface area contributed by atoms with Crippen molar-refractivity contribution in [2.75, 3.05) is 24.5 Å². The summed E-state index contributed by atoms with van der Waals surface area (Å²) in [4.78, 5) is 16.8. The van der Waals surface area contributed by atoms with Crippen LogP contribution in [0.3, 0.4) is 0 Å². The fraction of sp³-hybridized carbons (Fsp3) is 0.429. The first kappa shape index (κ1) is 18.4. The lowest BCUT2D eigenvalue weighted by Gasteiger charge is -2.35. The fourth-order valence-corrected chi connectivity index (χ4v) is 3.66. The highest BCUT2D eigenvalue weighted by molar-refractivity contribution is 5.93. The Morgan fingerprint density at radius 1 is 1.23 bits per heavy atom. The fourth-order valence-electron chi connectivity index (χ4n) is 3.66. The number of nitrogens with zero attached hydrogens (tertiary/aromatic N) is 3. The summed E-state index contributed by atoms with van der Waals surface area (Å²) in [5.74, 6) is 0.643. The Hall–Kier alpha value is -2.40. The minimum atomic E-state index is 0.177. The van der Waals surface area contributed by atoms with Crippen LogP contribution in [0.15, 0.2) is 54.9 Å². The van der Waals surface area contributed by atoms with Gasteiger partial charge in [0.05, 0.1) is 0 Å². The largest absolute Gasteiger partial charge is 0.619 e. The van der Waals surface area contributed by atoms with Crippen LogP contribution in [0.1, 0.15) is 31.7 Å². The van der Waals surface area contributed by atoms with E-state index in [9.17, 15) is 10.0 Å². The summed E-state index contributed by atoms with van der Waals surface area (Å²) < 4.78 is 0.816. The number of carbonyl (C=O) groups is 1. The summed E-state index contributed by atoms with van der Waals surface area (Å²) in [6.45, 7) is 5.58. The zero-order valence-electron chi connectivity index (χ0n) is 15.4. The molecule has 1 aromatic heterocycles. The van der Waals surface area contributed by atoms with Gasteiger partial charge in [-0.1, -0.05) is 25.1 Å². The van der Waals surface area contributed by atoms with Gasteiger partial charge in [0.15, 0.2) is 12.4 Å². The maximum atomic E-state index is 12.5. The van der Waals surface area contributed by atoms with Gasteiger partial charge in [-0.2, -0.15) is 4.73 Å². The Kier molecular flexibility index (Phi) is 6.23. The number of pyridine rings is 1. The molecule has 138 valence electrons. The molecule has 2 heterocycles. The molecule has 1 fully saturated rings. The zero-order valence-corrected chi connectivity index (χ0v) is 15.4. The minimum absolute atomic E-state index is 0.177. The molecular weight excluding hydrogens is 326 g/mol. The summed E-state index contributed by atoms with van der Waals surface area (Å²) in [5, 5.41) is 11.2. The van der Waals surface area contributed by atoms with Crippen molar-refractivity contribution in [3.8, 4) is 0 Å². The van der Waals surface area contributed by atoms with E-state index in [2.05, 4.69) is 4.90 Å². The molecule has 5 heteroatoms. The molecule has 1 atom stereocenters. The van der Waals surface area contributed by atoms with Crippen LogP contribution in [0.4, 0.5) is 5.69 Å². The first-order valence-electron chi connectivity index (χ1n) is 9.41. The molecule has 0 saturated carbocycles. The van der Waals surface area contributed by atoms with Gasteiger partial charge in [-0.25, -0.2) is 0 Å². The summed E-state index contributed by atoms with van der Waals surface area (Å²) in [6.07, 6.45) is 5.90. The van der Waals surface area contributed by atoms with Crippen molar-refractivity contribution in [2.45, 2.75) is 32.7 Å². The molecule has 3 rings (SSSR count). The molecule has 26 heavy (non-hydrogen) atoms. The van der Waals surface area contributed by atoms with Gasteiger partial charge in [-0.3, -0.25) is 9.69 Å². The zero-order chi connectivity index (χ0) is 18.4. The Morgan fingerprint density at radius 3 is 2.65 bits per heavy atom. The van der Waals surface area contributed by atoms with E-state index in [0.717, 1.165) is 55.0 Å². The third-order valence-corrected chi connectivity index (χ3v) is 4.99. The molecule has 1 saturated heterocycles. The van der Waals surface area contributed by atoms with Crippen LogP contribution >= 0.6 is 0 Å². The highest BCUT2D eigenvalue weighted by Gasteiger charge is 2.24. The van der Waals surface area contributed by atoms with E-state index < -0.39 is 0 Å². The number of hydrogen-bond acceptors (Lipinski definition) is 3. The quantitative estimate of drug-likeness (QED) is 0.593. The van der Waals surface area contributed by atoms with Crippen molar-refractivity contribution in [1.29, 1.82) is 0 Å². The summed E-state index contributed by atoms with van der Waals surface area (Å²) >= 11 is 0. The molecule has 1 aromatic carbocycles. The van der Waals surface area contributed by atoms with Gasteiger partial charge in [0.25, 0.3) is 0 Å². The Labute approximate surface area is 155 Å². The van der Waals surface area contributed by atoms with Crippen molar-refractivity contribution in [2.24, 2.45) is 5.92 Å². The number of piperidine rings is 1. The second kappa shape index (κ2) is 8.81. The first-order chi connectivity index (χ1) is 12.7. The molecule has 0 bridgehead atoms. The van der Waals surface area contributed by atoms with Gasteiger partial charge in [-0.05, 0) is 43.0 Å². The van der Waals surface area contributed by atoms with Gasteiger partial charge < -0.3 is 10.1 Å². The molecular formula is C21H27N3O2. The summed E-state index contributed by atoms with van der Waals surface area (Å²) in [5.41, 5.74) is 2.14. The Morgan fingerprint density at radius 2 is 1.96 bits per heavy atom. The number of anilines is 1. The topological polar surface area (TPSA) is 50.5 Å². The van der Waals surface area contributed by atoms with Crippen molar-refractivity contribution in [3.05, 3.63) is 65.6 Å². The third kappa shape index (κ3) is 4.82. The second-order valence-corrected chi connectivity index (χ2v) is 7.00. The van der Waals surface area contributed by atoms with E-state index in [1.165, 1.54) is 0 Å². The molecule has 5 nitrogen and oxygen atoms in total. The molecule has 2 aromatic rings. The maximum Gasteiger partial charge on any atom is 0.226 e. The Balaban J connectivity index is 1.64. The van der Waals surface area contributed by atoms with Crippen molar-refractivity contribution in [3.63, 3.8) is 0 Å². The number of benzene rings is 1. The lowest BCUT2D eigenvalue weighted by molar-refractivity contribution is -0.605. The smallest absolute Gasteiger partial charge is 0.226 e. The van der Waals surface area contributed by atoms with Crippen LogP contribution in [-0.4, -0.2) is 30.4 Å². The highest BCUT2D eigenvalue weighted by Crippen LogP contribution is 2.23. The van der Waals surface area contributed by atoms with E-state index in [1.54, 1.807) is 12.4 Å². The van der Waals surface area contributed by atoms with Crippen molar-refractivity contribution >= 4 is 11.6 Å². The number of carbonyl (C=O) groups excluding carboxylic acids is 1. The Bertz CT molecular complexity index is 703. The average molecular weight is 353 g/mol. The van der Waals surface area contributed by atoms with E-state index in [4.69, 9.17) is 0 Å². The predicted octanol–water partition coefficient (Wildman–Crippen LogP) is 2.98. The number of hydrogen-bond donors (Lipinski definition) is 0. The second-order valence-electron chi connectivity index (χ2n) is 7.00. The molecule has 0 aliphatic carbocycles. The SMILES string of the molecule is CCC(=O)N(CC1CCCN(Cc2cc[n+]([O-])cc2)C1)c1ccccc1. The number of para-hydroxylation sites is 1. The molecule has 1 unspecified atom stereocenters. The number of amides is 1. The molecule has 1 aliphatic rings. The minimum Gasteiger partial charge on any atom is -0.619 e. The van der Waals surface area contributed by atoms with Crippen LogP contribution in [0.5, 0.6) is 0 Å². The van der Waals surface area contributed by atoms with Gasteiger partial charge in [0.1, 0.15) is 0 Å². The molecule has 1 aliphatic heterocycles. The number of aromatic nitrogens is 1. The lowest BCUT2D eigenvalue weighted by atomic mass is 9.96. The van der Waals surface area contributed by atoms with Crippen molar-refractivity contribution < 1.29 is 9.52 Å². The van der Waals surface area contributed by atoms with Crippen molar-refractivity contribution in [1.82, 2.24) is 4.90 Å². The summed E-state index contributed by atoms with van der Waals surface area (Å²) in [7, 11) is 0. The van der Waals surface area contributed by atoms with E-state index in [0.29, 0.717) is 12.3 Å². The monoisotopic (exact) mass is 353 g/mol. The standard InChI is InChI=1S/C21H27N3O2/c1-2-21(25)24(20-8-4-3-5-9-20)17-19-7-6-12-22(16-19)15-18-10-13-23(26)14-11-18/h3-5,8-11,13-14,19H,2,6-7,12,15-17H2,1H3. The van der Waals surface area contributed by atoms with Crippen LogP contribution in [0.2, 0.25) is 0 Å². The maximum absolute atomic E-state index is 12.5. The lowest BCUT2D eigenvalue weighted by Crippen LogP contribution is -2.42. The van der Waals surface area contributed by atoms with Gasteiger partial charge in [-0.15, -0.1) is 0 Å². The van der Waals surface area contributed by atoms with Gasteiger partial charge in [0.2, 0.25) is 5.91 Å². The van der Waals surface area contributed by atoms with Crippen LogP contribution in [-0.2, 0) is 11.3 Å². The normalized spacial score (nSPS) is 17.8. The number of rotatable bonds is 6. The average Bonchev–Trinajstić information content (AvgIpc) is 2.68. The van der Waals surface area contributed by atoms with Gasteiger partial charge in [0, 0.05) is 43.9 Å². The van der Waals surface area contributed by atoms with E-state index in [1.807, 2.05) is 54.3 Å². The molecule has 0 radical (unpaired) electrons.